The fraction of sp³-hybridized carbons (Fsp3) is 0. The van der Waals surface area contributed by atoms with Gasteiger partial charge in [-0.05, 0) is 12.1 Å². The summed E-state index contributed by atoms with van der Waals surface area (Å²) in [4.78, 5) is 4.07. The van der Waals surface area contributed by atoms with Crippen molar-refractivity contribution in [2.45, 2.75) is 0 Å². The molecule has 0 amide bonds. The third-order valence-electron chi connectivity index (χ3n) is 1.89. The third-order valence-corrected chi connectivity index (χ3v) is 1.89. The van der Waals surface area contributed by atoms with Crippen LogP contribution in [0.25, 0.3) is 11.3 Å². The lowest BCUT2D eigenvalue weighted by atomic mass is 10.1. The predicted octanol–water partition coefficient (Wildman–Crippen LogP) is 2.42. The summed E-state index contributed by atoms with van der Waals surface area (Å²) in [5.41, 5.74) is 2.34. The van der Waals surface area contributed by atoms with E-state index in [1.807, 2.05) is 42.5 Å². The van der Waals surface area contributed by atoms with Gasteiger partial charge in [-0.2, -0.15) is 5.26 Å². The first kappa shape index (κ1) is 8.46. The van der Waals surface area contributed by atoms with Crippen LogP contribution >= 0.6 is 0 Å². The van der Waals surface area contributed by atoms with Gasteiger partial charge in [-0.25, -0.2) is 4.98 Å². The highest BCUT2D eigenvalue weighted by Crippen LogP contribution is 2.15. The molecule has 1 aromatic heterocycles. The van der Waals surface area contributed by atoms with Gasteiger partial charge >= 0.3 is 0 Å². The van der Waals surface area contributed by atoms with E-state index in [1.54, 1.807) is 6.07 Å². The van der Waals surface area contributed by atoms with E-state index < -0.39 is 0 Å². The van der Waals surface area contributed by atoms with E-state index in [2.05, 4.69) is 11.2 Å². The van der Waals surface area contributed by atoms with Gasteiger partial charge in [0.1, 0.15) is 12.3 Å². The minimum absolute atomic E-state index is 0.463. The van der Waals surface area contributed by atoms with Crippen molar-refractivity contribution in [3.05, 3.63) is 54.2 Å². The molecule has 0 saturated carbocycles. The maximum absolute atomic E-state index is 8.58. The average molecular weight is 179 g/mol. The first-order valence-electron chi connectivity index (χ1n) is 4.24. The van der Waals surface area contributed by atoms with Crippen molar-refractivity contribution < 1.29 is 0 Å². The smallest absolute Gasteiger partial charge is 0.108 e. The van der Waals surface area contributed by atoms with Crippen LogP contribution in [-0.2, 0) is 0 Å². The summed E-state index contributed by atoms with van der Waals surface area (Å²) < 4.78 is 0. The molecule has 14 heavy (non-hydrogen) atoms. The van der Waals surface area contributed by atoms with Crippen LogP contribution in [0, 0.1) is 17.5 Å². The molecule has 0 aliphatic heterocycles. The van der Waals surface area contributed by atoms with E-state index in [0.717, 1.165) is 11.3 Å². The summed E-state index contributed by atoms with van der Waals surface area (Å²) in [6, 6.07) is 15.3. The molecule has 0 saturated heterocycles. The number of rotatable bonds is 1. The summed E-state index contributed by atoms with van der Waals surface area (Å²) in [5.74, 6) is 0. The van der Waals surface area contributed by atoms with Crippen molar-refractivity contribution in [2.24, 2.45) is 0 Å². The fourth-order valence-electron chi connectivity index (χ4n) is 1.19. The van der Waals surface area contributed by atoms with E-state index in [9.17, 15) is 0 Å². The highest BCUT2D eigenvalue weighted by atomic mass is 14.7. The number of nitrogens with zero attached hydrogens (tertiary/aromatic N) is 2. The molecule has 0 spiro atoms. The zero-order valence-corrected chi connectivity index (χ0v) is 7.44. The van der Waals surface area contributed by atoms with Crippen LogP contribution in [0.1, 0.15) is 5.56 Å². The molecule has 0 atom stereocenters. The highest BCUT2D eigenvalue weighted by molar-refractivity contribution is 5.58. The van der Waals surface area contributed by atoms with Gasteiger partial charge in [-0.3, -0.25) is 0 Å². The summed E-state index contributed by atoms with van der Waals surface area (Å²) in [7, 11) is 0. The molecule has 1 aromatic carbocycles. The third kappa shape index (κ3) is 1.62. The van der Waals surface area contributed by atoms with Gasteiger partial charge in [0.05, 0.1) is 11.3 Å². The van der Waals surface area contributed by atoms with Crippen LogP contribution in [-0.4, -0.2) is 4.98 Å². The van der Waals surface area contributed by atoms with Crippen LogP contribution in [0.4, 0.5) is 0 Å². The zero-order chi connectivity index (χ0) is 9.80. The molecule has 0 fully saturated rings. The lowest BCUT2D eigenvalue weighted by molar-refractivity contribution is 1.28. The van der Waals surface area contributed by atoms with Crippen molar-refractivity contribution in [3.8, 4) is 17.3 Å². The zero-order valence-electron chi connectivity index (χ0n) is 7.44. The van der Waals surface area contributed by atoms with Crippen molar-refractivity contribution in [1.29, 1.82) is 5.26 Å². The molecule has 0 unspecified atom stereocenters. The van der Waals surface area contributed by atoms with Crippen LogP contribution in [0.5, 0.6) is 0 Å². The van der Waals surface area contributed by atoms with Crippen molar-refractivity contribution >= 4 is 0 Å². The Morgan fingerprint density at radius 1 is 1.07 bits per heavy atom. The van der Waals surface area contributed by atoms with Gasteiger partial charge < -0.3 is 0 Å². The number of aromatic nitrogens is 1. The molecule has 0 N–H and O–H groups in total. The number of pyridine rings is 1. The van der Waals surface area contributed by atoms with Crippen molar-refractivity contribution in [2.75, 3.05) is 0 Å². The Kier molecular flexibility index (Phi) is 2.24. The first-order chi connectivity index (χ1) is 6.90. The van der Waals surface area contributed by atoms with Gasteiger partial charge in [-0.1, -0.05) is 30.3 Å². The molecule has 0 aliphatic carbocycles. The Labute approximate surface area is 82.5 Å². The van der Waals surface area contributed by atoms with Gasteiger partial charge in [0.25, 0.3) is 0 Å². The molecule has 65 valence electrons. The van der Waals surface area contributed by atoms with E-state index in [1.165, 1.54) is 0 Å². The Morgan fingerprint density at radius 2 is 1.86 bits per heavy atom. The Balaban J connectivity index is 2.40. The molecular formula is C12H7N2. The minimum Gasteiger partial charge on any atom is -0.245 e. The topological polar surface area (TPSA) is 36.7 Å². The quantitative estimate of drug-likeness (QED) is 0.674. The Hall–Kier alpha value is -2.14. The van der Waals surface area contributed by atoms with Gasteiger partial charge in [-0.15, -0.1) is 0 Å². The summed E-state index contributed by atoms with van der Waals surface area (Å²) in [5, 5.41) is 8.58. The summed E-state index contributed by atoms with van der Waals surface area (Å²) >= 11 is 0. The summed E-state index contributed by atoms with van der Waals surface area (Å²) in [6.07, 6.45) is 2.67. The van der Waals surface area contributed by atoms with E-state index >= 15 is 0 Å². The monoisotopic (exact) mass is 179 g/mol. The minimum atomic E-state index is 0.463. The number of hydrogen-bond acceptors (Lipinski definition) is 2. The summed E-state index contributed by atoms with van der Waals surface area (Å²) in [6.45, 7) is 0. The largest absolute Gasteiger partial charge is 0.245 e. The van der Waals surface area contributed by atoms with Gasteiger partial charge in [0.15, 0.2) is 0 Å². The molecule has 0 aliphatic rings. The maximum Gasteiger partial charge on any atom is 0.108 e. The van der Waals surface area contributed by atoms with Crippen LogP contribution in [0.15, 0.2) is 42.5 Å². The predicted molar refractivity (Wildman–Crippen MR) is 53.2 cm³/mol. The lowest BCUT2D eigenvalue weighted by Gasteiger charge is -1.98. The van der Waals surface area contributed by atoms with Crippen LogP contribution < -0.4 is 0 Å². The normalized spacial score (nSPS) is 9.36. The Bertz CT molecular complexity index is 452. The second-order valence-corrected chi connectivity index (χ2v) is 2.83. The van der Waals surface area contributed by atoms with Crippen molar-refractivity contribution in [3.63, 3.8) is 0 Å². The molecule has 1 heterocycles. The average Bonchev–Trinajstić information content (AvgIpc) is 2.30. The second kappa shape index (κ2) is 3.71. The molecule has 2 rings (SSSR count). The maximum atomic E-state index is 8.58. The van der Waals surface area contributed by atoms with E-state index in [-0.39, 0.29) is 0 Å². The second-order valence-electron chi connectivity index (χ2n) is 2.83. The molecule has 1 radical (unpaired) electrons. The Morgan fingerprint density at radius 3 is 2.43 bits per heavy atom. The van der Waals surface area contributed by atoms with E-state index in [0.29, 0.717) is 5.56 Å². The fourth-order valence-corrected chi connectivity index (χ4v) is 1.19. The molecule has 2 aromatic rings. The van der Waals surface area contributed by atoms with Crippen LogP contribution in [0.3, 0.4) is 0 Å². The number of hydrogen-bond donors (Lipinski definition) is 0. The lowest BCUT2D eigenvalue weighted by Crippen LogP contribution is -1.84. The molecule has 2 heteroatoms. The molecular weight excluding hydrogens is 172 g/mol. The number of benzene rings is 1. The van der Waals surface area contributed by atoms with Gasteiger partial charge in [0, 0.05) is 5.56 Å². The SMILES string of the molecule is N#Cc1[c]nc(-c2ccccc2)cc1. The molecule has 0 bridgehead atoms. The highest BCUT2D eigenvalue weighted by Gasteiger charge is 1.97. The van der Waals surface area contributed by atoms with Crippen molar-refractivity contribution in [1.82, 2.24) is 4.98 Å². The first-order valence-corrected chi connectivity index (χ1v) is 4.24. The van der Waals surface area contributed by atoms with Crippen LogP contribution in [0.2, 0.25) is 0 Å². The number of nitriles is 1. The molecule has 2 nitrogen and oxygen atoms in total. The standard InChI is InChI=1S/C12H7N2/c13-8-10-6-7-12(14-9-10)11-4-2-1-3-5-11/h1-7H. The van der Waals surface area contributed by atoms with E-state index in [4.69, 9.17) is 5.26 Å². The van der Waals surface area contributed by atoms with Gasteiger partial charge in [0.2, 0.25) is 0 Å².